The third-order valence-corrected chi connectivity index (χ3v) is 4.78. The van der Waals surface area contributed by atoms with Crippen molar-refractivity contribution >= 4 is 5.91 Å². The maximum Gasteiger partial charge on any atom is 0.232 e. The second-order valence-electron chi connectivity index (χ2n) is 6.27. The lowest BCUT2D eigenvalue weighted by atomic mass is 10.0. The highest BCUT2D eigenvalue weighted by Gasteiger charge is 2.53. The number of amides is 1. The number of aromatic nitrogens is 1. The van der Waals surface area contributed by atoms with E-state index in [0.717, 1.165) is 38.9 Å². The second kappa shape index (κ2) is 7.21. The molecule has 0 saturated heterocycles. The standard InChI is InChI=1S/C18H25N3O3/c1-3-21(4-2)11-6-10-19-17(22)18(8-9-18)16-13-15(24-20-16)14-7-5-12-23-14/h5,7,12-13H,3-4,6,8-11H2,1-2H3,(H,19,22). The molecular weight excluding hydrogens is 306 g/mol. The number of nitrogens with one attached hydrogen (secondary N) is 1. The first-order valence-corrected chi connectivity index (χ1v) is 8.71. The number of rotatable bonds is 9. The predicted molar refractivity (Wildman–Crippen MR) is 90.5 cm³/mol. The van der Waals surface area contributed by atoms with Crippen molar-refractivity contribution in [3.05, 3.63) is 30.2 Å². The van der Waals surface area contributed by atoms with Crippen LogP contribution in [0.25, 0.3) is 11.5 Å². The lowest BCUT2D eigenvalue weighted by molar-refractivity contribution is -0.123. The van der Waals surface area contributed by atoms with Crippen LogP contribution in [0.4, 0.5) is 0 Å². The van der Waals surface area contributed by atoms with Gasteiger partial charge in [0.2, 0.25) is 11.7 Å². The molecule has 24 heavy (non-hydrogen) atoms. The average Bonchev–Trinajstić information content (AvgIpc) is 3.03. The molecule has 6 nitrogen and oxygen atoms in total. The molecule has 0 radical (unpaired) electrons. The monoisotopic (exact) mass is 331 g/mol. The van der Waals surface area contributed by atoms with Crippen LogP contribution in [0.15, 0.2) is 33.4 Å². The second-order valence-corrected chi connectivity index (χ2v) is 6.27. The number of hydrogen-bond acceptors (Lipinski definition) is 5. The highest BCUT2D eigenvalue weighted by atomic mass is 16.5. The minimum atomic E-state index is -0.510. The normalized spacial score (nSPS) is 15.6. The minimum absolute atomic E-state index is 0.0568. The molecule has 2 aromatic rings. The zero-order valence-electron chi connectivity index (χ0n) is 14.4. The first-order valence-electron chi connectivity index (χ1n) is 8.71. The van der Waals surface area contributed by atoms with Crippen molar-refractivity contribution < 1.29 is 13.7 Å². The van der Waals surface area contributed by atoms with Crippen LogP contribution in [0, 0.1) is 0 Å². The van der Waals surface area contributed by atoms with Crippen LogP contribution in [0.1, 0.15) is 38.8 Å². The molecule has 0 bridgehead atoms. The Morgan fingerprint density at radius 3 is 2.75 bits per heavy atom. The topological polar surface area (TPSA) is 71.5 Å². The first-order chi connectivity index (χ1) is 11.7. The Balaban J connectivity index is 1.55. The van der Waals surface area contributed by atoms with Crippen LogP contribution in [-0.4, -0.2) is 42.1 Å². The molecule has 0 aliphatic heterocycles. The number of nitrogens with zero attached hydrogens (tertiary/aromatic N) is 2. The predicted octanol–water partition coefficient (Wildman–Crippen LogP) is 2.81. The van der Waals surface area contributed by atoms with Gasteiger partial charge in [-0.2, -0.15) is 0 Å². The summed E-state index contributed by atoms with van der Waals surface area (Å²) in [4.78, 5) is 14.9. The van der Waals surface area contributed by atoms with E-state index in [1.807, 2.05) is 12.1 Å². The van der Waals surface area contributed by atoms with E-state index in [0.29, 0.717) is 23.8 Å². The van der Waals surface area contributed by atoms with Gasteiger partial charge in [0, 0.05) is 12.6 Å². The van der Waals surface area contributed by atoms with E-state index >= 15 is 0 Å². The molecule has 2 heterocycles. The Bertz CT molecular complexity index is 655. The Kier molecular flexibility index (Phi) is 5.04. The molecule has 1 N–H and O–H groups in total. The van der Waals surface area contributed by atoms with Gasteiger partial charge in [-0.1, -0.05) is 19.0 Å². The summed E-state index contributed by atoms with van der Waals surface area (Å²) < 4.78 is 10.7. The SMILES string of the molecule is CCN(CC)CCCNC(=O)C1(c2cc(-c3ccco3)on2)CC1. The van der Waals surface area contributed by atoms with Gasteiger partial charge in [-0.3, -0.25) is 4.79 Å². The lowest BCUT2D eigenvalue weighted by Gasteiger charge is -2.18. The molecule has 130 valence electrons. The highest BCUT2D eigenvalue weighted by Crippen LogP contribution is 2.48. The third-order valence-electron chi connectivity index (χ3n) is 4.78. The Hall–Kier alpha value is -2.08. The summed E-state index contributed by atoms with van der Waals surface area (Å²) in [5.41, 5.74) is 0.193. The Morgan fingerprint density at radius 2 is 2.12 bits per heavy atom. The number of carbonyl (C=O) groups is 1. The van der Waals surface area contributed by atoms with Crippen LogP contribution in [0.3, 0.4) is 0 Å². The third kappa shape index (κ3) is 3.38. The summed E-state index contributed by atoms with van der Waals surface area (Å²) >= 11 is 0. The quantitative estimate of drug-likeness (QED) is 0.715. The fourth-order valence-corrected chi connectivity index (χ4v) is 2.97. The van der Waals surface area contributed by atoms with Gasteiger partial charge < -0.3 is 19.2 Å². The molecule has 1 amide bonds. The fourth-order valence-electron chi connectivity index (χ4n) is 2.97. The fraction of sp³-hybridized carbons (Fsp3) is 0.556. The summed E-state index contributed by atoms with van der Waals surface area (Å²) in [7, 11) is 0. The highest BCUT2D eigenvalue weighted by molar-refractivity contribution is 5.90. The van der Waals surface area contributed by atoms with Crippen LogP contribution in [0.5, 0.6) is 0 Å². The number of hydrogen-bond donors (Lipinski definition) is 1. The van der Waals surface area contributed by atoms with Gasteiger partial charge in [-0.15, -0.1) is 0 Å². The zero-order valence-corrected chi connectivity index (χ0v) is 14.4. The van der Waals surface area contributed by atoms with Crippen molar-refractivity contribution in [1.29, 1.82) is 0 Å². The maximum absolute atomic E-state index is 12.6. The molecule has 0 aromatic carbocycles. The van der Waals surface area contributed by atoms with Crippen LogP contribution >= 0.6 is 0 Å². The summed E-state index contributed by atoms with van der Waals surface area (Å²) in [5, 5.41) is 7.17. The van der Waals surface area contributed by atoms with Gasteiger partial charge in [-0.25, -0.2) is 0 Å². The van der Waals surface area contributed by atoms with E-state index in [2.05, 4.69) is 29.2 Å². The van der Waals surface area contributed by atoms with E-state index in [-0.39, 0.29) is 5.91 Å². The smallest absolute Gasteiger partial charge is 0.232 e. The van der Waals surface area contributed by atoms with Crippen molar-refractivity contribution in [3.8, 4) is 11.5 Å². The minimum Gasteiger partial charge on any atom is -0.461 e. The molecule has 0 spiro atoms. The van der Waals surface area contributed by atoms with Gasteiger partial charge in [0.15, 0.2) is 5.76 Å². The molecule has 1 aliphatic carbocycles. The zero-order chi connectivity index (χ0) is 17.0. The van der Waals surface area contributed by atoms with Crippen LogP contribution < -0.4 is 5.32 Å². The molecule has 1 saturated carbocycles. The van der Waals surface area contributed by atoms with Crippen molar-refractivity contribution in [1.82, 2.24) is 15.4 Å². The van der Waals surface area contributed by atoms with Gasteiger partial charge in [0.1, 0.15) is 0 Å². The number of furan rings is 1. The Labute approximate surface area is 142 Å². The van der Waals surface area contributed by atoms with Gasteiger partial charge in [0.05, 0.1) is 17.4 Å². The molecular formula is C18H25N3O3. The molecule has 3 rings (SSSR count). The van der Waals surface area contributed by atoms with E-state index in [4.69, 9.17) is 8.94 Å². The molecule has 0 atom stereocenters. The van der Waals surface area contributed by atoms with E-state index < -0.39 is 5.41 Å². The van der Waals surface area contributed by atoms with Crippen LogP contribution in [0.2, 0.25) is 0 Å². The molecule has 2 aromatic heterocycles. The van der Waals surface area contributed by atoms with Gasteiger partial charge in [-0.05, 0) is 51.0 Å². The largest absolute Gasteiger partial charge is 0.461 e. The maximum atomic E-state index is 12.6. The molecule has 1 aliphatic rings. The number of carbonyl (C=O) groups excluding carboxylic acids is 1. The summed E-state index contributed by atoms with van der Waals surface area (Å²) in [5.74, 6) is 1.25. The van der Waals surface area contributed by atoms with Crippen molar-refractivity contribution in [3.63, 3.8) is 0 Å². The summed E-state index contributed by atoms with van der Waals surface area (Å²) in [6.45, 7) is 8.10. The first kappa shape index (κ1) is 16.8. The Morgan fingerprint density at radius 1 is 1.33 bits per heavy atom. The van der Waals surface area contributed by atoms with Crippen molar-refractivity contribution in [2.75, 3.05) is 26.2 Å². The molecule has 0 unspecified atom stereocenters. The van der Waals surface area contributed by atoms with E-state index in [1.54, 1.807) is 12.3 Å². The lowest BCUT2D eigenvalue weighted by Crippen LogP contribution is -2.36. The summed E-state index contributed by atoms with van der Waals surface area (Å²) in [6.07, 6.45) is 4.19. The van der Waals surface area contributed by atoms with E-state index in [9.17, 15) is 4.79 Å². The van der Waals surface area contributed by atoms with Gasteiger partial charge in [0.25, 0.3) is 0 Å². The molecule has 6 heteroatoms. The molecule has 1 fully saturated rings. The van der Waals surface area contributed by atoms with Crippen molar-refractivity contribution in [2.45, 2.75) is 38.5 Å². The van der Waals surface area contributed by atoms with Gasteiger partial charge >= 0.3 is 0 Å². The summed E-state index contributed by atoms with van der Waals surface area (Å²) in [6, 6.07) is 5.44. The van der Waals surface area contributed by atoms with Crippen LogP contribution in [-0.2, 0) is 10.2 Å². The van der Waals surface area contributed by atoms with E-state index in [1.165, 1.54) is 0 Å². The average molecular weight is 331 g/mol. The van der Waals surface area contributed by atoms with Crippen molar-refractivity contribution in [2.24, 2.45) is 0 Å².